The number of likely N-dealkylation sites (N-methyl/N-ethyl adjacent to an activating group) is 1. The third-order valence-corrected chi connectivity index (χ3v) is 4.43. The summed E-state index contributed by atoms with van der Waals surface area (Å²) in [4.78, 5) is 36.7. The van der Waals surface area contributed by atoms with Gasteiger partial charge in [0.2, 0.25) is 11.5 Å². The molecule has 134 valence electrons. The van der Waals surface area contributed by atoms with Crippen molar-refractivity contribution in [3.63, 3.8) is 0 Å². The molecule has 0 saturated carbocycles. The first-order valence-corrected chi connectivity index (χ1v) is 8.22. The Hall–Kier alpha value is -2.64. The molecular formula is C17H22N4O4. The lowest BCUT2D eigenvalue weighted by Crippen LogP contribution is -2.56. The summed E-state index contributed by atoms with van der Waals surface area (Å²) in [7, 11) is 1.70. The Morgan fingerprint density at radius 3 is 2.08 bits per heavy atom. The quantitative estimate of drug-likeness (QED) is 0.839. The number of amides is 2. The van der Waals surface area contributed by atoms with Crippen molar-refractivity contribution in [1.29, 1.82) is 0 Å². The molecule has 0 spiro atoms. The zero-order chi connectivity index (χ0) is 18.3. The number of hydrogen-bond acceptors (Lipinski definition) is 6. The minimum Gasteiger partial charge on any atom is -0.436 e. The van der Waals surface area contributed by atoms with Gasteiger partial charge in [-0.3, -0.25) is 9.59 Å². The Balaban J connectivity index is 1.67. The van der Waals surface area contributed by atoms with E-state index in [1.54, 1.807) is 44.5 Å². The van der Waals surface area contributed by atoms with Gasteiger partial charge in [0.05, 0.1) is 17.4 Å². The molecular weight excluding hydrogens is 324 g/mol. The predicted octanol–water partition coefficient (Wildman–Crippen LogP) is 1.88. The maximum absolute atomic E-state index is 12.6. The first kappa shape index (κ1) is 17.2. The highest BCUT2D eigenvalue weighted by molar-refractivity contribution is 5.94. The number of oxazole rings is 2. The number of rotatable bonds is 4. The summed E-state index contributed by atoms with van der Waals surface area (Å²) < 4.78 is 10.8. The lowest BCUT2D eigenvalue weighted by molar-refractivity contribution is 0.0325. The second-order valence-electron chi connectivity index (χ2n) is 6.42. The molecule has 2 aromatic rings. The van der Waals surface area contributed by atoms with Gasteiger partial charge in [-0.25, -0.2) is 9.97 Å². The van der Waals surface area contributed by atoms with Crippen LogP contribution in [0.1, 0.15) is 50.7 Å². The molecule has 1 atom stereocenters. The third-order valence-electron chi connectivity index (χ3n) is 4.43. The Morgan fingerprint density at radius 1 is 1.08 bits per heavy atom. The molecule has 0 aromatic carbocycles. The zero-order valence-electron chi connectivity index (χ0n) is 15.1. The van der Waals surface area contributed by atoms with Crippen molar-refractivity contribution >= 4 is 11.8 Å². The summed E-state index contributed by atoms with van der Waals surface area (Å²) in [6.07, 6.45) is 0.837. The molecule has 1 saturated heterocycles. The highest BCUT2D eigenvalue weighted by atomic mass is 16.4. The lowest BCUT2D eigenvalue weighted by atomic mass is 10.0. The summed E-state index contributed by atoms with van der Waals surface area (Å²) in [5.74, 6) is 1.05. The second kappa shape index (κ2) is 6.34. The predicted molar refractivity (Wildman–Crippen MR) is 88.4 cm³/mol. The van der Waals surface area contributed by atoms with Gasteiger partial charge in [0.25, 0.3) is 11.8 Å². The summed E-state index contributed by atoms with van der Waals surface area (Å²) in [5.41, 5.74) is 1.16. The van der Waals surface area contributed by atoms with Crippen LogP contribution in [-0.4, -0.2) is 57.8 Å². The number of carbonyl (C=O) groups excluding carboxylic acids is 2. The number of likely N-dealkylation sites (tertiary alicyclic amines) is 1. The fourth-order valence-electron chi connectivity index (χ4n) is 3.06. The van der Waals surface area contributed by atoms with Gasteiger partial charge in [0.15, 0.2) is 11.8 Å². The Labute approximate surface area is 145 Å². The molecule has 2 aromatic heterocycles. The van der Waals surface area contributed by atoms with E-state index in [9.17, 15) is 9.59 Å². The summed E-state index contributed by atoms with van der Waals surface area (Å²) in [5, 5.41) is 0. The van der Waals surface area contributed by atoms with Crippen molar-refractivity contribution in [3.05, 3.63) is 34.7 Å². The molecule has 25 heavy (non-hydrogen) atoms. The zero-order valence-corrected chi connectivity index (χ0v) is 15.1. The van der Waals surface area contributed by atoms with E-state index in [1.165, 1.54) is 0 Å². The van der Waals surface area contributed by atoms with Crippen LogP contribution in [0.15, 0.2) is 8.83 Å². The van der Waals surface area contributed by atoms with Crippen LogP contribution in [0.5, 0.6) is 0 Å². The third kappa shape index (κ3) is 3.16. The Bertz CT molecular complexity index is 823. The Kier molecular flexibility index (Phi) is 4.36. The summed E-state index contributed by atoms with van der Waals surface area (Å²) >= 11 is 0. The second-order valence-corrected chi connectivity index (χ2v) is 6.42. The molecule has 0 N–H and O–H groups in total. The molecule has 0 bridgehead atoms. The average molecular weight is 346 g/mol. The van der Waals surface area contributed by atoms with E-state index in [1.807, 2.05) is 0 Å². The van der Waals surface area contributed by atoms with Crippen molar-refractivity contribution in [2.45, 2.75) is 40.2 Å². The number of hydrogen-bond donors (Lipinski definition) is 0. The van der Waals surface area contributed by atoms with Crippen LogP contribution in [0.2, 0.25) is 0 Å². The highest BCUT2D eigenvalue weighted by Gasteiger charge is 2.37. The van der Waals surface area contributed by atoms with Gasteiger partial charge in [0, 0.05) is 34.0 Å². The fraction of sp³-hybridized carbons (Fsp3) is 0.529. The van der Waals surface area contributed by atoms with Gasteiger partial charge >= 0.3 is 0 Å². The molecule has 1 aliphatic rings. The van der Waals surface area contributed by atoms with E-state index in [0.717, 1.165) is 6.42 Å². The van der Waals surface area contributed by atoms with Crippen molar-refractivity contribution in [2.75, 3.05) is 20.1 Å². The molecule has 1 unspecified atom stereocenters. The minimum absolute atomic E-state index is 0.0458. The summed E-state index contributed by atoms with van der Waals surface area (Å²) in [6, 6.07) is -0.0458. The molecule has 1 fully saturated rings. The molecule has 8 heteroatoms. The number of nitrogens with zero attached hydrogens (tertiary/aromatic N) is 4. The number of carbonyl (C=O) groups is 2. The van der Waals surface area contributed by atoms with Crippen LogP contribution >= 0.6 is 0 Å². The van der Waals surface area contributed by atoms with Gasteiger partial charge in [-0.05, 0) is 20.3 Å². The monoisotopic (exact) mass is 346 g/mol. The van der Waals surface area contributed by atoms with Crippen LogP contribution in [0, 0.1) is 27.7 Å². The molecule has 0 radical (unpaired) electrons. The van der Waals surface area contributed by atoms with Crippen LogP contribution in [-0.2, 0) is 0 Å². The number of aromatic nitrogens is 2. The van der Waals surface area contributed by atoms with Crippen LogP contribution < -0.4 is 0 Å². The SMILES string of the molecule is Cc1nc(C)c(C(=O)N(C)CC2CCN2C(=O)c2oc(C)nc2C)o1. The van der Waals surface area contributed by atoms with Crippen molar-refractivity contribution in [2.24, 2.45) is 0 Å². The maximum atomic E-state index is 12.6. The van der Waals surface area contributed by atoms with Crippen molar-refractivity contribution in [1.82, 2.24) is 19.8 Å². The van der Waals surface area contributed by atoms with Gasteiger partial charge in [-0.2, -0.15) is 0 Å². The van der Waals surface area contributed by atoms with Crippen LogP contribution in [0.25, 0.3) is 0 Å². The number of aryl methyl sites for hydroxylation is 4. The molecule has 0 aliphatic carbocycles. The fourth-order valence-corrected chi connectivity index (χ4v) is 3.06. The van der Waals surface area contributed by atoms with Gasteiger partial charge < -0.3 is 18.6 Å². The first-order chi connectivity index (χ1) is 11.8. The standard InChI is InChI=1S/C17H22N4O4/c1-9-14(24-11(3)18-9)16(22)20(5)8-13-6-7-21(13)17(23)15-10(2)19-12(4)25-15/h13H,6-8H2,1-5H3. The van der Waals surface area contributed by atoms with E-state index < -0.39 is 0 Å². The van der Waals surface area contributed by atoms with E-state index >= 15 is 0 Å². The molecule has 3 rings (SSSR count). The molecule has 3 heterocycles. The molecule has 2 amide bonds. The van der Waals surface area contributed by atoms with Crippen LogP contribution in [0.4, 0.5) is 0 Å². The highest BCUT2D eigenvalue weighted by Crippen LogP contribution is 2.24. The van der Waals surface area contributed by atoms with Crippen LogP contribution in [0.3, 0.4) is 0 Å². The van der Waals surface area contributed by atoms with Gasteiger partial charge in [-0.15, -0.1) is 0 Å². The minimum atomic E-state index is -0.232. The molecule has 8 nitrogen and oxygen atoms in total. The topological polar surface area (TPSA) is 92.7 Å². The lowest BCUT2D eigenvalue weighted by Gasteiger charge is -2.42. The average Bonchev–Trinajstić information content (AvgIpc) is 3.03. The van der Waals surface area contributed by atoms with E-state index in [2.05, 4.69) is 9.97 Å². The van der Waals surface area contributed by atoms with Gasteiger partial charge in [0.1, 0.15) is 0 Å². The largest absolute Gasteiger partial charge is 0.436 e. The molecule has 1 aliphatic heterocycles. The van der Waals surface area contributed by atoms with Crippen molar-refractivity contribution in [3.8, 4) is 0 Å². The van der Waals surface area contributed by atoms with E-state index in [4.69, 9.17) is 8.83 Å². The maximum Gasteiger partial charge on any atom is 0.291 e. The smallest absolute Gasteiger partial charge is 0.291 e. The Morgan fingerprint density at radius 2 is 1.64 bits per heavy atom. The first-order valence-electron chi connectivity index (χ1n) is 8.22. The van der Waals surface area contributed by atoms with Gasteiger partial charge in [-0.1, -0.05) is 0 Å². The van der Waals surface area contributed by atoms with Crippen molar-refractivity contribution < 1.29 is 18.4 Å². The normalized spacial score (nSPS) is 16.7. The summed E-state index contributed by atoms with van der Waals surface area (Å²) in [6.45, 7) is 7.99. The van der Waals surface area contributed by atoms with E-state index in [0.29, 0.717) is 36.3 Å². The van der Waals surface area contributed by atoms with E-state index in [-0.39, 0.29) is 29.4 Å².